The van der Waals surface area contributed by atoms with Crippen LogP contribution >= 0.6 is 23.6 Å². The molecule has 1 aromatic carbocycles. The first kappa shape index (κ1) is 20.9. The number of H-pyrrole nitrogens is 1. The minimum Gasteiger partial charge on any atom is -0.494 e. The van der Waals surface area contributed by atoms with E-state index in [1.165, 1.54) is 11.3 Å². The van der Waals surface area contributed by atoms with Crippen LogP contribution in [0, 0.1) is 11.7 Å². The van der Waals surface area contributed by atoms with Crippen LogP contribution in [-0.2, 0) is 17.8 Å². The Balaban J connectivity index is 1.69. The predicted molar refractivity (Wildman–Crippen MR) is 118 cm³/mol. The summed E-state index contributed by atoms with van der Waals surface area (Å²) in [6.07, 6.45) is 2.69. The van der Waals surface area contributed by atoms with Crippen molar-refractivity contribution in [3.63, 3.8) is 0 Å². The summed E-state index contributed by atoms with van der Waals surface area (Å²) in [4.78, 5) is 17.8. The second-order valence-electron chi connectivity index (χ2n) is 6.27. The maximum Gasteiger partial charge on any atom is 0.226 e. The van der Waals surface area contributed by atoms with Crippen LogP contribution in [0.4, 0.5) is 5.13 Å². The van der Waals surface area contributed by atoms with E-state index >= 15 is 0 Å². The third-order valence-corrected chi connectivity index (χ3v) is 5.59. The van der Waals surface area contributed by atoms with Crippen LogP contribution in [0.1, 0.15) is 24.6 Å². The maximum atomic E-state index is 12.4. The Labute approximate surface area is 178 Å². The number of aromatic nitrogens is 4. The molecule has 0 aliphatic carbocycles. The zero-order valence-corrected chi connectivity index (χ0v) is 18.0. The van der Waals surface area contributed by atoms with E-state index in [0.29, 0.717) is 41.7 Å². The fourth-order valence-corrected chi connectivity index (χ4v) is 4.07. The number of carbonyl (C=O) groups excluding carboxylic acids is 1. The van der Waals surface area contributed by atoms with E-state index in [9.17, 15) is 4.79 Å². The Kier molecular flexibility index (Phi) is 6.95. The number of benzene rings is 1. The molecule has 9 heteroatoms. The molecule has 0 aliphatic rings. The number of para-hydroxylation sites is 1. The standard InChI is InChI=1S/C20H23N5O2S2/c1-4-12-25-18(23-24-20(25)28)17-13(3)21-19(29-17)22-16(26)11-10-14-8-6-7-9-15(14)27-5-2/h4,6-9H,1,5,10-12H2,2-3H3,(H,24,28)(H,21,22,26). The molecule has 0 aliphatic heterocycles. The third-order valence-electron chi connectivity index (χ3n) is 4.21. The Morgan fingerprint density at radius 2 is 2.24 bits per heavy atom. The fraction of sp³-hybridized carbons (Fsp3) is 0.300. The average Bonchev–Trinajstić information content (AvgIpc) is 3.24. The number of rotatable bonds is 9. The molecule has 0 saturated heterocycles. The Hall–Kier alpha value is -2.78. The highest BCUT2D eigenvalue weighted by atomic mass is 32.1. The number of ether oxygens (including phenoxy) is 1. The number of thiazole rings is 1. The largest absolute Gasteiger partial charge is 0.494 e. The molecule has 2 N–H and O–H groups in total. The molecule has 1 amide bonds. The SMILES string of the molecule is C=CCn1c(-c2sc(NC(=O)CCc3ccccc3OCC)nc2C)n[nH]c1=S. The summed E-state index contributed by atoms with van der Waals surface area (Å²) in [5.74, 6) is 1.41. The Morgan fingerprint density at radius 1 is 1.45 bits per heavy atom. The molecular formula is C20H23N5O2S2. The van der Waals surface area contributed by atoms with Crippen LogP contribution in [0.5, 0.6) is 5.75 Å². The van der Waals surface area contributed by atoms with Gasteiger partial charge in [0, 0.05) is 13.0 Å². The second-order valence-corrected chi connectivity index (χ2v) is 7.66. The van der Waals surface area contributed by atoms with E-state index in [4.69, 9.17) is 17.0 Å². The summed E-state index contributed by atoms with van der Waals surface area (Å²) in [5.41, 5.74) is 1.80. The van der Waals surface area contributed by atoms with E-state index < -0.39 is 0 Å². The molecule has 152 valence electrons. The van der Waals surface area contributed by atoms with Crippen molar-refractivity contribution >= 4 is 34.6 Å². The van der Waals surface area contributed by atoms with Crippen LogP contribution in [0.3, 0.4) is 0 Å². The van der Waals surface area contributed by atoms with Crippen molar-refractivity contribution in [1.82, 2.24) is 19.7 Å². The highest BCUT2D eigenvalue weighted by Gasteiger charge is 2.17. The minimum absolute atomic E-state index is 0.0958. The average molecular weight is 430 g/mol. The first-order chi connectivity index (χ1) is 14.0. The molecule has 0 radical (unpaired) electrons. The van der Waals surface area contributed by atoms with Gasteiger partial charge in [-0.1, -0.05) is 35.6 Å². The highest BCUT2D eigenvalue weighted by Crippen LogP contribution is 2.32. The minimum atomic E-state index is -0.0958. The number of allylic oxidation sites excluding steroid dienone is 1. The number of hydrogen-bond donors (Lipinski definition) is 2. The van der Waals surface area contributed by atoms with E-state index in [0.717, 1.165) is 21.9 Å². The summed E-state index contributed by atoms with van der Waals surface area (Å²) in [6, 6.07) is 7.77. The van der Waals surface area contributed by atoms with Gasteiger partial charge >= 0.3 is 0 Å². The van der Waals surface area contributed by atoms with Gasteiger partial charge in [0.05, 0.1) is 17.2 Å². The molecule has 3 aromatic rings. The van der Waals surface area contributed by atoms with Crippen LogP contribution in [0.2, 0.25) is 0 Å². The second kappa shape index (κ2) is 9.62. The van der Waals surface area contributed by atoms with Crippen molar-refractivity contribution in [3.8, 4) is 16.5 Å². The van der Waals surface area contributed by atoms with Gasteiger partial charge in [-0.2, -0.15) is 5.10 Å². The number of anilines is 1. The van der Waals surface area contributed by atoms with Crippen LogP contribution in [-0.4, -0.2) is 32.3 Å². The van der Waals surface area contributed by atoms with Gasteiger partial charge in [0.25, 0.3) is 0 Å². The molecule has 0 bridgehead atoms. The Morgan fingerprint density at radius 3 is 3.00 bits per heavy atom. The molecule has 29 heavy (non-hydrogen) atoms. The lowest BCUT2D eigenvalue weighted by atomic mass is 10.1. The lowest BCUT2D eigenvalue weighted by Crippen LogP contribution is -2.12. The molecule has 7 nitrogen and oxygen atoms in total. The van der Waals surface area contributed by atoms with Crippen LogP contribution < -0.4 is 10.1 Å². The zero-order valence-electron chi connectivity index (χ0n) is 16.4. The fourth-order valence-electron chi connectivity index (χ4n) is 2.88. The zero-order chi connectivity index (χ0) is 20.8. The van der Waals surface area contributed by atoms with Crippen molar-refractivity contribution in [2.45, 2.75) is 33.2 Å². The molecule has 2 heterocycles. The molecule has 0 spiro atoms. The quantitative estimate of drug-likeness (QED) is 0.386. The normalized spacial score (nSPS) is 10.7. The van der Waals surface area contributed by atoms with Gasteiger partial charge in [-0.25, -0.2) is 4.98 Å². The number of nitrogens with one attached hydrogen (secondary N) is 2. The molecule has 2 aromatic heterocycles. The molecule has 0 unspecified atom stereocenters. The van der Waals surface area contributed by atoms with Crippen molar-refractivity contribution in [2.75, 3.05) is 11.9 Å². The molecule has 0 atom stereocenters. The van der Waals surface area contributed by atoms with Gasteiger partial charge in [-0.05, 0) is 44.1 Å². The number of amides is 1. The summed E-state index contributed by atoms with van der Waals surface area (Å²) in [5, 5.41) is 10.5. The van der Waals surface area contributed by atoms with E-state index in [-0.39, 0.29) is 5.91 Å². The highest BCUT2D eigenvalue weighted by molar-refractivity contribution is 7.71. The van der Waals surface area contributed by atoms with Gasteiger partial charge in [-0.3, -0.25) is 14.5 Å². The topological polar surface area (TPSA) is 84.8 Å². The number of carbonyl (C=O) groups is 1. The Bertz CT molecular complexity index is 1070. The summed E-state index contributed by atoms with van der Waals surface area (Å²) in [7, 11) is 0. The predicted octanol–water partition coefficient (Wildman–Crippen LogP) is 4.53. The molecular weight excluding hydrogens is 406 g/mol. The summed E-state index contributed by atoms with van der Waals surface area (Å²) < 4.78 is 7.98. The van der Waals surface area contributed by atoms with Crippen LogP contribution in [0.25, 0.3) is 10.7 Å². The van der Waals surface area contributed by atoms with Gasteiger partial charge in [0.2, 0.25) is 5.91 Å². The van der Waals surface area contributed by atoms with Gasteiger partial charge < -0.3 is 10.1 Å². The van der Waals surface area contributed by atoms with Crippen molar-refractivity contribution in [2.24, 2.45) is 0 Å². The molecule has 3 rings (SSSR count). The first-order valence-corrected chi connectivity index (χ1v) is 10.5. The number of hydrogen-bond acceptors (Lipinski definition) is 6. The first-order valence-electron chi connectivity index (χ1n) is 9.28. The lowest BCUT2D eigenvalue weighted by molar-refractivity contribution is -0.116. The number of aryl methyl sites for hydroxylation is 2. The van der Waals surface area contributed by atoms with Crippen molar-refractivity contribution < 1.29 is 9.53 Å². The van der Waals surface area contributed by atoms with Crippen LogP contribution in [0.15, 0.2) is 36.9 Å². The van der Waals surface area contributed by atoms with E-state index in [1.54, 1.807) is 6.08 Å². The molecule has 0 fully saturated rings. The number of nitrogens with zero attached hydrogens (tertiary/aromatic N) is 3. The smallest absolute Gasteiger partial charge is 0.226 e. The van der Waals surface area contributed by atoms with Gasteiger partial charge in [-0.15, -0.1) is 6.58 Å². The third kappa shape index (κ3) is 4.99. The lowest BCUT2D eigenvalue weighted by Gasteiger charge is -2.09. The van der Waals surface area contributed by atoms with E-state index in [2.05, 4.69) is 27.1 Å². The molecule has 0 saturated carbocycles. The van der Waals surface area contributed by atoms with Crippen molar-refractivity contribution in [1.29, 1.82) is 0 Å². The summed E-state index contributed by atoms with van der Waals surface area (Å²) in [6.45, 7) is 8.72. The van der Waals surface area contributed by atoms with Gasteiger partial charge in [0.1, 0.15) is 5.75 Å². The number of aromatic amines is 1. The summed E-state index contributed by atoms with van der Waals surface area (Å²) >= 11 is 6.65. The van der Waals surface area contributed by atoms with Crippen molar-refractivity contribution in [3.05, 3.63) is 52.9 Å². The monoisotopic (exact) mass is 429 g/mol. The van der Waals surface area contributed by atoms with Gasteiger partial charge in [0.15, 0.2) is 15.7 Å². The van der Waals surface area contributed by atoms with E-state index in [1.807, 2.05) is 42.7 Å². The maximum absolute atomic E-state index is 12.4.